The largest absolute Gasteiger partial charge is 0.489 e. The minimum atomic E-state index is -1.12. The molecule has 0 spiro atoms. The lowest BCUT2D eigenvalue weighted by molar-refractivity contribution is -0.137. The monoisotopic (exact) mass is 534 g/mol. The van der Waals surface area contributed by atoms with Crippen molar-refractivity contribution < 1.29 is 28.2 Å². The van der Waals surface area contributed by atoms with E-state index in [1.807, 2.05) is 0 Å². The molecule has 0 radical (unpaired) electrons. The normalized spacial score (nSPS) is 10.7. The second-order valence-electron chi connectivity index (χ2n) is 8.36. The van der Waals surface area contributed by atoms with Gasteiger partial charge in [0.25, 0.3) is 5.91 Å². The smallest absolute Gasteiger partial charge is 0.323 e. The molecule has 1 heterocycles. The number of pyridine rings is 1. The molecular formula is C29H24F2N2O4S. The molecule has 0 aliphatic carbocycles. The number of hydrogen-bond donors (Lipinski definition) is 1. The third kappa shape index (κ3) is 6.74. The van der Waals surface area contributed by atoms with Gasteiger partial charge in [-0.1, -0.05) is 30.3 Å². The summed E-state index contributed by atoms with van der Waals surface area (Å²) in [6.45, 7) is -0.227. The number of hydrogen-bond acceptors (Lipinski definition) is 5. The number of halogens is 2. The molecule has 38 heavy (non-hydrogen) atoms. The SMILES string of the molecule is CSc1cc(F)c(F)cc1-c1ccc(OCc2cccc(C(=O)N(CC(=O)O)Cc3ccccn3)c2)cc1. The third-order valence-corrected chi connectivity index (χ3v) is 6.46. The van der Waals surface area contributed by atoms with E-state index in [0.29, 0.717) is 27.5 Å². The van der Waals surface area contributed by atoms with Crippen LogP contribution in [0.5, 0.6) is 5.75 Å². The van der Waals surface area contributed by atoms with Gasteiger partial charge in [0.1, 0.15) is 18.9 Å². The van der Waals surface area contributed by atoms with Crippen LogP contribution in [-0.2, 0) is 17.9 Å². The Morgan fingerprint density at radius 2 is 1.74 bits per heavy atom. The molecule has 0 saturated heterocycles. The summed E-state index contributed by atoms with van der Waals surface area (Å²) in [4.78, 5) is 30.5. The molecule has 6 nitrogen and oxygen atoms in total. The first kappa shape index (κ1) is 26.8. The van der Waals surface area contributed by atoms with E-state index in [1.54, 1.807) is 79.2 Å². The summed E-state index contributed by atoms with van der Waals surface area (Å²) in [6, 6.07) is 21.4. The summed E-state index contributed by atoms with van der Waals surface area (Å²) in [5, 5.41) is 9.30. The van der Waals surface area contributed by atoms with Gasteiger partial charge in [-0.3, -0.25) is 14.6 Å². The molecule has 0 unspecified atom stereocenters. The maximum atomic E-state index is 13.8. The Morgan fingerprint density at radius 3 is 2.42 bits per heavy atom. The summed E-state index contributed by atoms with van der Waals surface area (Å²) < 4.78 is 33.3. The highest BCUT2D eigenvalue weighted by molar-refractivity contribution is 7.98. The quantitative estimate of drug-likeness (QED) is 0.249. The Hall–Kier alpha value is -4.24. The second-order valence-corrected chi connectivity index (χ2v) is 9.20. The fourth-order valence-electron chi connectivity index (χ4n) is 3.85. The first-order valence-electron chi connectivity index (χ1n) is 11.6. The number of aliphatic carboxylic acids is 1. The topological polar surface area (TPSA) is 79.7 Å². The zero-order valence-electron chi connectivity index (χ0n) is 20.4. The molecule has 0 fully saturated rings. The number of rotatable bonds is 10. The van der Waals surface area contributed by atoms with Crippen LogP contribution in [0, 0.1) is 11.6 Å². The molecule has 0 bridgehead atoms. The van der Waals surface area contributed by atoms with E-state index in [-0.39, 0.29) is 13.2 Å². The van der Waals surface area contributed by atoms with E-state index >= 15 is 0 Å². The highest BCUT2D eigenvalue weighted by Crippen LogP contribution is 2.33. The van der Waals surface area contributed by atoms with Crippen molar-refractivity contribution >= 4 is 23.6 Å². The lowest BCUT2D eigenvalue weighted by atomic mass is 10.1. The van der Waals surface area contributed by atoms with Crippen LogP contribution < -0.4 is 4.74 Å². The number of thioether (sulfide) groups is 1. The van der Waals surface area contributed by atoms with Crippen LogP contribution in [0.25, 0.3) is 11.1 Å². The highest BCUT2D eigenvalue weighted by Gasteiger charge is 2.20. The van der Waals surface area contributed by atoms with Gasteiger partial charge in [-0.15, -0.1) is 11.8 Å². The summed E-state index contributed by atoms with van der Waals surface area (Å²) in [7, 11) is 0. The number of carboxylic acids is 1. The van der Waals surface area contributed by atoms with Gasteiger partial charge < -0.3 is 14.7 Å². The number of aromatic nitrogens is 1. The van der Waals surface area contributed by atoms with Gasteiger partial charge in [0.15, 0.2) is 11.6 Å². The van der Waals surface area contributed by atoms with Crippen molar-refractivity contribution in [3.8, 4) is 16.9 Å². The molecule has 1 aromatic heterocycles. The van der Waals surface area contributed by atoms with E-state index in [1.165, 1.54) is 28.8 Å². The molecule has 4 aromatic rings. The average Bonchev–Trinajstić information content (AvgIpc) is 2.93. The van der Waals surface area contributed by atoms with E-state index < -0.39 is 30.1 Å². The van der Waals surface area contributed by atoms with Crippen LogP contribution >= 0.6 is 11.8 Å². The van der Waals surface area contributed by atoms with Gasteiger partial charge >= 0.3 is 5.97 Å². The number of amides is 1. The molecule has 1 N–H and O–H groups in total. The number of nitrogens with zero attached hydrogens (tertiary/aromatic N) is 2. The number of carbonyl (C=O) groups is 2. The fraction of sp³-hybridized carbons (Fsp3) is 0.138. The van der Waals surface area contributed by atoms with E-state index in [4.69, 9.17) is 4.74 Å². The van der Waals surface area contributed by atoms with Gasteiger partial charge in [-0.05, 0) is 71.5 Å². The standard InChI is InChI=1S/C29H24F2N2O4S/c1-38-27-15-26(31)25(30)14-24(27)20-8-10-23(11-9-20)37-18-19-5-4-6-21(13-19)29(36)33(17-28(34)35)16-22-7-2-3-12-32-22/h2-15H,16-18H2,1H3,(H,34,35). The Balaban J connectivity index is 1.45. The number of carbonyl (C=O) groups excluding carboxylic acids is 1. The van der Waals surface area contributed by atoms with Crippen LogP contribution in [0.2, 0.25) is 0 Å². The van der Waals surface area contributed by atoms with Crippen molar-refractivity contribution in [1.29, 1.82) is 0 Å². The molecule has 194 valence electrons. The van der Waals surface area contributed by atoms with Gasteiger partial charge in [0, 0.05) is 16.7 Å². The molecule has 0 saturated carbocycles. The lowest BCUT2D eigenvalue weighted by Crippen LogP contribution is -2.35. The molecule has 0 aliphatic rings. The Morgan fingerprint density at radius 1 is 0.974 bits per heavy atom. The third-order valence-electron chi connectivity index (χ3n) is 5.68. The molecule has 0 aliphatic heterocycles. The molecule has 1 amide bonds. The van der Waals surface area contributed by atoms with Crippen molar-refractivity contribution in [3.05, 3.63) is 114 Å². The molecule has 9 heteroatoms. The van der Waals surface area contributed by atoms with Crippen molar-refractivity contribution in [2.24, 2.45) is 0 Å². The predicted octanol–water partition coefficient (Wildman–Crippen LogP) is 6.05. The van der Waals surface area contributed by atoms with Crippen LogP contribution in [-0.4, -0.2) is 39.7 Å². The van der Waals surface area contributed by atoms with Crippen molar-refractivity contribution in [1.82, 2.24) is 9.88 Å². The first-order chi connectivity index (χ1) is 18.3. The Bertz CT molecular complexity index is 1430. The number of benzene rings is 3. The molecular weight excluding hydrogens is 510 g/mol. The minimum absolute atomic E-state index is 0.0647. The van der Waals surface area contributed by atoms with E-state index in [2.05, 4.69) is 4.98 Å². The van der Waals surface area contributed by atoms with E-state index in [0.717, 1.165) is 11.1 Å². The summed E-state index contributed by atoms with van der Waals surface area (Å²) in [5.41, 5.74) is 2.95. The number of ether oxygens (including phenoxy) is 1. The zero-order chi connectivity index (χ0) is 27.1. The van der Waals surface area contributed by atoms with Gasteiger partial charge in [-0.2, -0.15) is 0 Å². The maximum absolute atomic E-state index is 13.8. The average molecular weight is 535 g/mol. The Kier molecular flexibility index (Phi) is 8.70. The predicted molar refractivity (Wildman–Crippen MR) is 141 cm³/mol. The first-order valence-corrected chi connectivity index (χ1v) is 12.8. The van der Waals surface area contributed by atoms with Gasteiger partial charge in [-0.25, -0.2) is 8.78 Å². The van der Waals surface area contributed by atoms with Crippen LogP contribution in [0.4, 0.5) is 8.78 Å². The maximum Gasteiger partial charge on any atom is 0.323 e. The zero-order valence-corrected chi connectivity index (χ0v) is 21.3. The van der Waals surface area contributed by atoms with Crippen LogP contribution in [0.3, 0.4) is 0 Å². The fourth-order valence-corrected chi connectivity index (χ4v) is 4.47. The highest BCUT2D eigenvalue weighted by atomic mass is 32.2. The second kappa shape index (κ2) is 12.3. The van der Waals surface area contributed by atoms with Crippen molar-refractivity contribution in [3.63, 3.8) is 0 Å². The molecule has 4 rings (SSSR count). The minimum Gasteiger partial charge on any atom is -0.489 e. The van der Waals surface area contributed by atoms with E-state index in [9.17, 15) is 23.5 Å². The summed E-state index contributed by atoms with van der Waals surface area (Å²) in [6.07, 6.45) is 3.38. The van der Waals surface area contributed by atoms with Gasteiger partial charge in [0.2, 0.25) is 0 Å². The molecule has 3 aromatic carbocycles. The van der Waals surface area contributed by atoms with Crippen molar-refractivity contribution in [2.75, 3.05) is 12.8 Å². The number of carboxylic acid groups (broad SMARTS) is 1. The summed E-state index contributed by atoms with van der Waals surface area (Å²) >= 11 is 1.33. The lowest BCUT2D eigenvalue weighted by Gasteiger charge is -2.20. The van der Waals surface area contributed by atoms with Gasteiger partial charge in [0.05, 0.1) is 12.2 Å². The Labute approximate surface area is 222 Å². The summed E-state index contributed by atoms with van der Waals surface area (Å²) in [5.74, 6) is -2.79. The van der Waals surface area contributed by atoms with Crippen molar-refractivity contribution in [2.45, 2.75) is 18.0 Å². The van der Waals surface area contributed by atoms with Crippen LogP contribution in [0.1, 0.15) is 21.6 Å². The molecule has 0 atom stereocenters. The van der Waals surface area contributed by atoms with Crippen LogP contribution in [0.15, 0.2) is 90.0 Å².